The second kappa shape index (κ2) is 6.09. The molecule has 0 fully saturated rings. The van der Waals surface area contributed by atoms with Gasteiger partial charge in [-0.3, -0.25) is 14.9 Å². The third-order valence-electron chi connectivity index (χ3n) is 3.95. The number of aromatic nitrogens is 1. The molecule has 1 aromatic carbocycles. The van der Waals surface area contributed by atoms with Gasteiger partial charge in [-0.2, -0.15) is 0 Å². The Hall–Kier alpha value is -2.67. The Morgan fingerprint density at radius 3 is 2.67 bits per heavy atom. The van der Waals surface area contributed by atoms with Gasteiger partial charge in [0.15, 0.2) is 12.0 Å². The highest BCUT2D eigenvalue weighted by Crippen LogP contribution is 2.35. The lowest BCUT2D eigenvalue weighted by atomic mass is 10.1. The fourth-order valence-corrected chi connectivity index (χ4v) is 3.28. The number of methoxy groups -OCH3 is 1. The molecule has 0 amide bonds. The molecule has 2 heterocycles. The van der Waals surface area contributed by atoms with Crippen molar-refractivity contribution in [2.45, 2.75) is 6.92 Å². The minimum absolute atomic E-state index is 0.103. The predicted octanol–water partition coefficient (Wildman–Crippen LogP) is 4.41. The number of hydrogen-bond donors (Lipinski definition) is 0. The van der Waals surface area contributed by atoms with Crippen molar-refractivity contribution in [3.8, 4) is 17.0 Å². The number of halogens is 1. The SMILES string of the molecule is COc1cc(-c2cccc3c(Br)c(C)c(C=O)n23)ccc1[N+](=O)[O-]. The van der Waals surface area contributed by atoms with E-state index in [4.69, 9.17) is 4.74 Å². The number of carbonyl (C=O) groups excluding carboxylic acids is 1. The van der Waals surface area contributed by atoms with Crippen molar-refractivity contribution in [2.75, 3.05) is 7.11 Å². The zero-order valence-corrected chi connectivity index (χ0v) is 14.5. The lowest BCUT2D eigenvalue weighted by Gasteiger charge is -2.10. The van der Waals surface area contributed by atoms with Crippen LogP contribution in [0.25, 0.3) is 16.8 Å². The van der Waals surface area contributed by atoms with E-state index in [9.17, 15) is 14.9 Å². The van der Waals surface area contributed by atoms with E-state index in [1.807, 2.05) is 29.5 Å². The van der Waals surface area contributed by atoms with Gasteiger partial charge in [-0.1, -0.05) is 6.07 Å². The maximum absolute atomic E-state index is 11.5. The highest BCUT2D eigenvalue weighted by molar-refractivity contribution is 9.10. The van der Waals surface area contributed by atoms with Crippen LogP contribution in [-0.4, -0.2) is 22.7 Å². The molecular formula is C17H13BrN2O4. The van der Waals surface area contributed by atoms with Gasteiger partial charge >= 0.3 is 5.69 Å². The molecule has 0 saturated heterocycles. The molecule has 0 unspecified atom stereocenters. The Morgan fingerprint density at radius 1 is 1.29 bits per heavy atom. The molecule has 0 aliphatic carbocycles. The van der Waals surface area contributed by atoms with E-state index in [0.29, 0.717) is 11.3 Å². The average molecular weight is 389 g/mol. The zero-order chi connectivity index (χ0) is 17.4. The maximum Gasteiger partial charge on any atom is 0.310 e. The normalized spacial score (nSPS) is 10.8. The minimum atomic E-state index is -0.490. The molecule has 0 bridgehead atoms. The van der Waals surface area contributed by atoms with Gasteiger partial charge in [-0.05, 0) is 52.7 Å². The van der Waals surface area contributed by atoms with Crippen LogP contribution < -0.4 is 4.74 Å². The van der Waals surface area contributed by atoms with Gasteiger partial charge in [0, 0.05) is 16.1 Å². The molecule has 7 heteroatoms. The summed E-state index contributed by atoms with van der Waals surface area (Å²) in [6.45, 7) is 1.86. The number of benzene rings is 1. The van der Waals surface area contributed by atoms with Crippen LogP contribution in [0.1, 0.15) is 16.1 Å². The molecule has 3 rings (SSSR count). The number of hydrogen-bond acceptors (Lipinski definition) is 4. The molecule has 0 saturated carbocycles. The van der Waals surface area contributed by atoms with E-state index in [0.717, 1.165) is 27.5 Å². The maximum atomic E-state index is 11.5. The molecule has 0 aliphatic rings. The second-order valence-electron chi connectivity index (χ2n) is 5.22. The minimum Gasteiger partial charge on any atom is -0.490 e. The number of nitrogens with zero attached hydrogens (tertiary/aromatic N) is 2. The van der Waals surface area contributed by atoms with Gasteiger partial charge in [0.05, 0.1) is 28.9 Å². The fraction of sp³-hybridized carbons (Fsp3) is 0.118. The molecule has 24 heavy (non-hydrogen) atoms. The summed E-state index contributed by atoms with van der Waals surface area (Å²) in [6, 6.07) is 10.3. The van der Waals surface area contributed by atoms with Crippen LogP contribution in [0.15, 0.2) is 40.9 Å². The average Bonchev–Trinajstić information content (AvgIpc) is 2.85. The summed E-state index contributed by atoms with van der Waals surface area (Å²) < 4.78 is 7.81. The number of aldehydes is 1. The molecule has 0 aliphatic heterocycles. The largest absolute Gasteiger partial charge is 0.490 e. The van der Waals surface area contributed by atoms with Gasteiger partial charge in [-0.25, -0.2) is 0 Å². The van der Waals surface area contributed by atoms with Crippen molar-refractivity contribution in [1.82, 2.24) is 4.40 Å². The number of ether oxygens (including phenoxy) is 1. The molecule has 2 aromatic heterocycles. The molecule has 0 spiro atoms. The molecule has 6 nitrogen and oxygen atoms in total. The van der Waals surface area contributed by atoms with Crippen molar-refractivity contribution >= 4 is 33.4 Å². The number of rotatable bonds is 4. The van der Waals surface area contributed by atoms with Crippen LogP contribution in [0, 0.1) is 17.0 Å². The van der Waals surface area contributed by atoms with Gasteiger partial charge in [0.25, 0.3) is 0 Å². The van der Waals surface area contributed by atoms with E-state index >= 15 is 0 Å². The monoisotopic (exact) mass is 388 g/mol. The second-order valence-corrected chi connectivity index (χ2v) is 6.01. The molecule has 0 N–H and O–H groups in total. The molecule has 0 atom stereocenters. The summed E-state index contributed by atoms with van der Waals surface area (Å²) in [6.07, 6.45) is 0.805. The zero-order valence-electron chi connectivity index (χ0n) is 12.9. The number of pyridine rings is 1. The lowest BCUT2D eigenvalue weighted by molar-refractivity contribution is -0.385. The van der Waals surface area contributed by atoms with Crippen LogP contribution in [0.2, 0.25) is 0 Å². The van der Waals surface area contributed by atoms with Gasteiger partial charge < -0.3 is 9.14 Å². The number of nitro benzene ring substituents is 1. The molecule has 0 radical (unpaired) electrons. The summed E-state index contributed by atoms with van der Waals surface area (Å²) in [5.74, 6) is 0.171. The summed E-state index contributed by atoms with van der Waals surface area (Å²) in [7, 11) is 1.39. The Morgan fingerprint density at radius 2 is 2.04 bits per heavy atom. The van der Waals surface area contributed by atoms with Gasteiger partial charge in [-0.15, -0.1) is 0 Å². The van der Waals surface area contributed by atoms with Crippen molar-refractivity contribution in [3.63, 3.8) is 0 Å². The number of nitro groups is 1. The summed E-state index contributed by atoms with van der Waals surface area (Å²) in [5.41, 5.74) is 3.58. The summed E-state index contributed by atoms with van der Waals surface area (Å²) in [4.78, 5) is 22.1. The topological polar surface area (TPSA) is 73.8 Å². The first-order valence-corrected chi connectivity index (χ1v) is 7.86. The van der Waals surface area contributed by atoms with Crippen LogP contribution in [0.5, 0.6) is 5.75 Å². The lowest BCUT2D eigenvalue weighted by Crippen LogP contribution is -1.99. The fourth-order valence-electron chi connectivity index (χ4n) is 2.77. The smallest absolute Gasteiger partial charge is 0.310 e. The third-order valence-corrected chi connectivity index (χ3v) is 4.95. The van der Waals surface area contributed by atoms with Crippen LogP contribution in [0.4, 0.5) is 5.69 Å². The predicted molar refractivity (Wildman–Crippen MR) is 93.9 cm³/mol. The Bertz CT molecular complexity index is 978. The number of fused-ring (bicyclic) bond motifs is 1. The Kier molecular flexibility index (Phi) is 4.11. The van der Waals surface area contributed by atoms with Gasteiger partial charge in [0.1, 0.15) is 0 Å². The highest BCUT2D eigenvalue weighted by atomic mass is 79.9. The van der Waals surface area contributed by atoms with Crippen LogP contribution >= 0.6 is 15.9 Å². The van der Waals surface area contributed by atoms with Crippen molar-refractivity contribution in [3.05, 3.63) is 62.2 Å². The van der Waals surface area contributed by atoms with Gasteiger partial charge in [0.2, 0.25) is 0 Å². The van der Waals surface area contributed by atoms with Crippen LogP contribution in [0.3, 0.4) is 0 Å². The first kappa shape index (κ1) is 16.2. The quantitative estimate of drug-likeness (QED) is 0.377. The third kappa shape index (κ3) is 2.37. The molecule has 3 aromatic rings. The van der Waals surface area contributed by atoms with E-state index in [-0.39, 0.29) is 11.4 Å². The van der Waals surface area contributed by atoms with E-state index in [1.54, 1.807) is 12.1 Å². The summed E-state index contributed by atoms with van der Waals surface area (Å²) >= 11 is 3.51. The van der Waals surface area contributed by atoms with E-state index < -0.39 is 4.92 Å². The first-order valence-electron chi connectivity index (χ1n) is 7.07. The van der Waals surface area contributed by atoms with Crippen molar-refractivity contribution in [2.24, 2.45) is 0 Å². The van der Waals surface area contributed by atoms with Crippen molar-refractivity contribution < 1.29 is 14.5 Å². The summed E-state index contributed by atoms with van der Waals surface area (Å²) in [5, 5.41) is 11.1. The van der Waals surface area contributed by atoms with Crippen molar-refractivity contribution in [1.29, 1.82) is 0 Å². The van der Waals surface area contributed by atoms with E-state index in [2.05, 4.69) is 15.9 Å². The molecular weight excluding hydrogens is 376 g/mol. The highest BCUT2D eigenvalue weighted by Gasteiger charge is 2.19. The van der Waals surface area contributed by atoms with E-state index in [1.165, 1.54) is 13.2 Å². The standard InChI is InChI=1S/C17H13BrN2O4/c1-10-15(9-21)19-12(4-3-5-14(19)17(10)18)11-6-7-13(20(22)23)16(8-11)24-2/h3-9H,1-2H3. The molecule has 122 valence electrons. The van der Waals surface area contributed by atoms with Crippen LogP contribution in [-0.2, 0) is 0 Å². The Labute approximate surface area is 145 Å². The Balaban J connectivity index is 2.33. The first-order chi connectivity index (χ1) is 11.5. The number of carbonyl (C=O) groups is 1.